The van der Waals surface area contributed by atoms with Gasteiger partial charge < -0.3 is 10.5 Å². The molecule has 1 heterocycles. The van der Waals surface area contributed by atoms with Crippen molar-refractivity contribution in [3.8, 4) is 5.88 Å². The average Bonchev–Trinajstić information content (AvgIpc) is 2.01. The highest BCUT2D eigenvalue weighted by atomic mass is 127. The van der Waals surface area contributed by atoms with E-state index in [1.807, 2.05) is 22.6 Å². The molecule has 0 aliphatic carbocycles. The van der Waals surface area contributed by atoms with Gasteiger partial charge in [-0.3, -0.25) is 0 Å². The third-order valence-electron chi connectivity index (χ3n) is 1.38. The molecule has 0 saturated carbocycles. The summed E-state index contributed by atoms with van der Waals surface area (Å²) in [7, 11) is 0. The van der Waals surface area contributed by atoms with Crippen LogP contribution in [0.1, 0.15) is 5.56 Å². The van der Waals surface area contributed by atoms with E-state index in [9.17, 15) is 13.2 Å². The van der Waals surface area contributed by atoms with Crippen LogP contribution < -0.4 is 10.5 Å². The first kappa shape index (κ1) is 11.5. The Balaban J connectivity index is 3.02. The Labute approximate surface area is 91.6 Å². The molecule has 0 saturated heterocycles. The van der Waals surface area contributed by atoms with E-state index in [0.29, 0.717) is 3.57 Å². The zero-order valence-corrected chi connectivity index (χ0v) is 8.96. The number of alkyl halides is 3. The number of pyridine rings is 1. The first-order valence-corrected chi connectivity index (χ1v) is 4.61. The lowest BCUT2D eigenvalue weighted by atomic mass is 10.3. The SMILES string of the molecule is NCc1c(I)ccnc1OC(F)(F)F. The summed E-state index contributed by atoms with van der Waals surface area (Å²) in [6, 6.07) is 1.56. The zero-order valence-electron chi connectivity index (χ0n) is 6.81. The first-order chi connectivity index (χ1) is 6.44. The van der Waals surface area contributed by atoms with Gasteiger partial charge in [-0.1, -0.05) is 0 Å². The highest BCUT2D eigenvalue weighted by Gasteiger charge is 2.33. The number of ether oxygens (including phenoxy) is 1. The fourth-order valence-electron chi connectivity index (χ4n) is 0.833. The van der Waals surface area contributed by atoms with Crippen molar-refractivity contribution in [3.63, 3.8) is 0 Å². The van der Waals surface area contributed by atoms with Crippen LogP contribution in [-0.2, 0) is 6.54 Å². The van der Waals surface area contributed by atoms with Crippen molar-refractivity contribution in [2.24, 2.45) is 5.73 Å². The van der Waals surface area contributed by atoms with Crippen molar-refractivity contribution in [2.75, 3.05) is 0 Å². The lowest BCUT2D eigenvalue weighted by Gasteiger charge is -2.11. The normalized spacial score (nSPS) is 11.5. The highest BCUT2D eigenvalue weighted by molar-refractivity contribution is 14.1. The maximum Gasteiger partial charge on any atom is 0.574 e. The second kappa shape index (κ2) is 4.30. The molecule has 1 aromatic heterocycles. The molecule has 0 amide bonds. The van der Waals surface area contributed by atoms with Gasteiger partial charge >= 0.3 is 6.36 Å². The Morgan fingerprint density at radius 2 is 2.14 bits per heavy atom. The van der Waals surface area contributed by atoms with E-state index in [-0.39, 0.29) is 12.1 Å². The van der Waals surface area contributed by atoms with Crippen LogP contribution in [0.4, 0.5) is 13.2 Å². The predicted molar refractivity (Wildman–Crippen MR) is 51.5 cm³/mol. The molecule has 0 aliphatic heterocycles. The van der Waals surface area contributed by atoms with Gasteiger partial charge in [0.05, 0.1) is 0 Å². The van der Waals surface area contributed by atoms with E-state index in [0.717, 1.165) is 0 Å². The summed E-state index contributed by atoms with van der Waals surface area (Å²) >= 11 is 1.87. The number of nitrogens with zero attached hydrogens (tertiary/aromatic N) is 1. The Hall–Kier alpha value is -0.570. The van der Waals surface area contributed by atoms with Crippen molar-refractivity contribution in [1.82, 2.24) is 4.98 Å². The summed E-state index contributed by atoms with van der Waals surface area (Å²) in [5.41, 5.74) is 5.53. The van der Waals surface area contributed by atoms with E-state index in [4.69, 9.17) is 5.73 Å². The number of hydrogen-bond acceptors (Lipinski definition) is 3. The van der Waals surface area contributed by atoms with Crippen LogP contribution in [0, 0.1) is 3.57 Å². The van der Waals surface area contributed by atoms with Crippen LogP contribution in [0.25, 0.3) is 0 Å². The van der Waals surface area contributed by atoms with Crippen molar-refractivity contribution < 1.29 is 17.9 Å². The van der Waals surface area contributed by atoms with Gasteiger partial charge in [0, 0.05) is 21.9 Å². The van der Waals surface area contributed by atoms with Crippen LogP contribution in [0.5, 0.6) is 5.88 Å². The molecule has 0 fully saturated rings. The molecule has 1 aromatic rings. The number of halogens is 4. The molecule has 14 heavy (non-hydrogen) atoms. The number of hydrogen-bond donors (Lipinski definition) is 1. The molecule has 1 rings (SSSR count). The largest absolute Gasteiger partial charge is 0.574 e. The van der Waals surface area contributed by atoms with E-state index in [2.05, 4.69) is 9.72 Å². The topological polar surface area (TPSA) is 48.1 Å². The molecule has 78 valence electrons. The van der Waals surface area contributed by atoms with Gasteiger partial charge in [-0.25, -0.2) is 4.98 Å². The molecule has 0 aromatic carbocycles. The molecule has 3 nitrogen and oxygen atoms in total. The van der Waals surface area contributed by atoms with Crippen LogP contribution in [0.2, 0.25) is 0 Å². The fourth-order valence-corrected chi connectivity index (χ4v) is 1.45. The van der Waals surface area contributed by atoms with E-state index in [1.54, 1.807) is 6.07 Å². The minimum atomic E-state index is -4.73. The average molecular weight is 318 g/mol. The Bertz CT molecular complexity index is 329. The van der Waals surface area contributed by atoms with Crippen LogP contribution in [0.3, 0.4) is 0 Å². The molecule has 0 unspecified atom stereocenters. The molecule has 7 heteroatoms. The first-order valence-electron chi connectivity index (χ1n) is 3.53. The third kappa shape index (κ3) is 2.98. The van der Waals surface area contributed by atoms with Crippen LogP contribution in [0.15, 0.2) is 12.3 Å². The fraction of sp³-hybridized carbons (Fsp3) is 0.286. The summed E-state index contributed by atoms with van der Waals surface area (Å²) in [5.74, 6) is -0.480. The highest BCUT2D eigenvalue weighted by Crippen LogP contribution is 2.26. The molecule has 0 spiro atoms. The summed E-state index contributed by atoms with van der Waals surface area (Å²) in [5, 5.41) is 0. The Kier molecular flexibility index (Phi) is 3.53. The Morgan fingerprint density at radius 3 is 2.64 bits per heavy atom. The summed E-state index contributed by atoms with van der Waals surface area (Å²) in [4.78, 5) is 3.47. The van der Waals surface area contributed by atoms with Crippen LogP contribution >= 0.6 is 22.6 Å². The smallest absolute Gasteiger partial charge is 0.387 e. The lowest BCUT2D eigenvalue weighted by molar-refractivity contribution is -0.276. The van der Waals surface area contributed by atoms with Gasteiger partial charge in [0.15, 0.2) is 0 Å². The van der Waals surface area contributed by atoms with Gasteiger partial charge in [-0.15, -0.1) is 13.2 Å². The summed E-state index contributed by atoms with van der Waals surface area (Å²) in [6.45, 7) is -0.0441. The van der Waals surface area contributed by atoms with Gasteiger partial charge in [-0.2, -0.15) is 0 Å². The lowest BCUT2D eigenvalue weighted by Crippen LogP contribution is -2.20. The number of aromatic nitrogens is 1. The zero-order chi connectivity index (χ0) is 10.8. The standard InChI is InChI=1S/C7H6F3IN2O/c8-7(9,10)14-6-4(3-12)5(11)1-2-13-6/h1-2H,3,12H2. The van der Waals surface area contributed by atoms with Crippen molar-refractivity contribution in [1.29, 1.82) is 0 Å². The summed E-state index contributed by atoms with van der Waals surface area (Å²) in [6.07, 6.45) is -3.50. The van der Waals surface area contributed by atoms with Crippen LogP contribution in [-0.4, -0.2) is 11.3 Å². The molecular weight excluding hydrogens is 312 g/mol. The minimum Gasteiger partial charge on any atom is -0.387 e. The van der Waals surface area contributed by atoms with Gasteiger partial charge in [0.2, 0.25) is 5.88 Å². The van der Waals surface area contributed by atoms with Gasteiger partial charge in [0.25, 0.3) is 0 Å². The second-order valence-electron chi connectivity index (χ2n) is 2.33. The van der Waals surface area contributed by atoms with Gasteiger partial charge in [-0.05, 0) is 28.7 Å². The van der Waals surface area contributed by atoms with Crippen molar-refractivity contribution >= 4 is 22.6 Å². The second-order valence-corrected chi connectivity index (χ2v) is 3.49. The molecular formula is C7H6F3IN2O. The Morgan fingerprint density at radius 1 is 1.50 bits per heavy atom. The van der Waals surface area contributed by atoms with Gasteiger partial charge in [0.1, 0.15) is 0 Å². The minimum absolute atomic E-state index is 0.0441. The quantitative estimate of drug-likeness (QED) is 0.849. The molecule has 0 bridgehead atoms. The van der Waals surface area contributed by atoms with Crippen molar-refractivity contribution in [2.45, 2.75) is 12.9 Å². The molecule has 0 radical (unpaired) electrons. The summed E-state index contributed by atoms with van der Waals surface area (Å²) < 4.78 is 40.0. The van der Waals surface area contributed by atoms with E-state index >= 15 is 0 Å². The van der Waals surface area contributed by atoms with Crippen molar-refractivity contribution in [3.05, 3.63) is 21.4 Å². The number of rotatable bonds is 2. The van der Waals surface area contributed by atoms with E-state index < -0.39 is 12.2 Å². The third-order valence-corrected chi connectivity index (χ3v) is 2.39. The number of nitrogens with two attached hydrogens (primary N) is 1. The molecule has 2 N–H and O–H groups in total. The van der Waals surface area contributed by atoms with E-state index in [1.165, 1.54) is 6.20 Å². The molecule has 0 atom stereocenters. The maximum absolute atomic E-state index is 11.9. The monoisotopic (exact) mass is 318 g/mol. The predicted octanol–water partition coefficient (Wildman–Crippen LogP) is 2.04. The maximum atomic E-state index is 11.9. The molecule has 0 aliphatic rings.